The van der Waals surface area contributed by atoms with Gasteiger partial charge in [0, 0.05) is 22.7 Å². The van der Waals surface area contributed by atoms with E-state index in [1.165, 1.54) is 0 Å². The molecule has 134 valence electrons. The van der Waals surface area contributed by atoms with Gasteiger partial charge in [-0.15, -0.1) is 0 Å². The van der Waals surface area contributed by atoms with Gasteiger partial charge in [-0.2, -0.15) is 5.10 Å². The van der Waals surface area contributed by atoms with E-state index in [0.29, 0.717) is 23.8 Å². The molecule has 0 saturated heterocycles. The minimum Gasteiger partial charge on any atom is -0.360 e. The predicted octanol–water partition coefficient (Wildman–Crippen LogP) is 4.06. The van der Waals surface area contributed by atoms with Crippen LogP contribution < -0.4 is 5.32 Å². The number of nitrogens with zero attached hydrogens (tertiary/aromatic N) is 3. The summed E-state index contributed by atoms with van der Waals surface area (Å²) in [5, 5.41) is 11.2. The summed E-state index contributed by atoms with van der Waals surface area (Å²) in [6.07, 6.45) is 6.22. The smallest absolute Gasteiger partial charge is 0.278 e. The van der Waals surface area contributed by atoms with E-state index < -0.39 is 0 Å². The molecule has 7 heteroatoms. The van der Waals surface area contributed by atoms with Gasteiger partial charge in [-0.25, -0.2) is 0 Å². The summed E-state index contributed by atoms with van der Waals surface area (Å²) in [4.78, 5) is 12.6. The Morgan fingerprint density at radius 1 is 1.38 bits per heavy atom. The van der Waals surface area contributed by atoms with E-state index in [0.717, 1.165) is 40.6 Å². The van der Waals surface area contributed by atoms with E-state index in [1.807, 2.05) is 30.5 Å². The van der Waals surface area contributed by atoms with Crippen LogP contribution in [-0.4, -0.2) is 20.8 Å². The van der Waals surface area contributed by atoms with Crippen molar-refractivity contribution in [3.63, 3.8) is 0 Å². The van der Waals surface area contributed by atoms with Crippen molar-refractivity contribution in [3.8, 4) is 0 Å². The molecule has 1 aliphatic carbocycles. The fraction of sp³-hybridized carbons (Fsp3) is 0.316. The summed E-state index contributed by atoms with van der Waals surface area (Å²) in [6.45, 7) is 2.82. The number of amides is 1. The minimum absolute atomic E-state index is 0.243. The summed E-state index contributed by atoms with van der Waals surface area (Å²) in [5.74, 6) is 1.15. The third-order valence-electron chi connectivity index (χ3n) is 4.65. The summed E-state index contributed by atoms with van der Waals surface area (Å²) < 4.78 is 8.19. The Balaban J connectivity index is 1.45. The highest BCUT2D eigenvalue weighted by Crippen LogP contribution is 2.28. The average molecular weight is 415 g/mol. The standard InChI is InChI=1S/C19H19BrN4O2/c1-12-2-7-17-16(8-12)18(23-26-17)19(25)22-15-9-21-24(11-15)10-13-3-5-14(20)6-4-13/h3-6,9,11-12H,2,7-8,10H2,1H3,(H,22,25). The first-order chi connectivity index (χ1) is 12.6. The van der Waals surface area contributed by atoms with Gasteiger partial charge < -0.3 is 9.84 Å². The molecule has 0 aliphatic heterocycles. The normalized spacial score (nSPS) is 16.3. The van der Waals surface area contributed by atoms with E-state index in [2.05, 4.69) is 38.4 Å². The lowest BCUT2D eigenvalue weighted by atomic mass is 9.88. The number of aryl methyl sites for hydroxylation is 1. The molecule has 0 radical (unpaired) electrons. The highest BCUT2D eigenvalue weighted by molar-refractivity contribution is 9.10. The second-order valence-corrected chi connectivity index (χ2v) is 7.70. The van der Waals surface area contributed by atoms with Crippen LogP contribution in [0, 0.1) is 5.92 Å². The molecule has 6 nitrogen and oxygen atoms in total. The molecule has 1 aliphatic rings. The number of benzene rings is 1. The highest BCUT2D eigenvalue weighted by Gasteiger charge is 2.27. The number of hydrogen-bond donors (Lipinski definition) is 1. The van der Waals surface area contributed by atoms with Gasteiger partial charge in [0.15, 0.2) is 5.69 Å². The van der Waals surface area contributed by atoms with Crippen molar-refractivity contribution < 1.29 is 9.32 Å². The van der Waals surface area contributed by atoms with Gasteiger partial charge in [-0.3, -0.25) is 9.48 Å². The van der Waals surface area contributed by atoms with Gasteiger partial charge in [0.1, 0.15) is 5.76 Å². The van der Waals surface area contributed by atoms with E-state index in [1.54, 1.807) is 10.9 Å². The van der Waals surface area contributed by atoms with Crippen molar-refractivity contribution in [2.24, 2.45) is 5.92 Å². The maximum Gasteiger partial charge on any atom is 0.278 e. The molecule has 4 rings (SSSR count). The quantitative estimate of drug-likeness (QED) is 0.698. The molecule has 2 aromatic heterocycles. The van der Waals surface area contributed by atoms with Gasteiger partial charge in [-0.05, 0) is 36.5 Å². The largest absolute Gasteiger partial charge is 0.360 e. The maximum atomic E-state index is 12.6. The third-order valence-corrected chi connectivity index (χ3v) is 5.18. The number of anilines is 1. The monoisotopic (exact) mass is 414 g/mol. The zero-order chi connectivity index (χ0) is 18.1. The lowest BCUT2D eigenvalue weighted by molar-refractivity contribution is 0.101. The number of fused-ring (bicyclic) bond motifs is 1. The molecule has 1 atom stereocenters. The first kappa shape index (κ1) is 17.0. The molecule has 26 heavy (non-hydrogen) atoms. The molecule has 1 N–H and O–H groups in total. The van der Waals surface area contributed by atoms with Crippen LogP contribution >= 0.6 is 15.9 Å². The van der Waals surface area contributed by atoms with Crippen LogP contribution in [0.1, 0.15) is 40.7 Å². The van der Waals surface area contributed by atoms with Crippen molar-refractivity contribution in [3.05, 3.63) is 63.7 Å². The fourth-order valence-electron chi connectivity index (χ4n) is 3.24. The molecule has 1 amide bonds. The van der Waals surface area contributed by atoms with E-state index >= 15 is 0 Å². The molecule has 0 bridgehead atoms. The van der Waals surface area contributed by atoms with Gasteiger partial charge in [-0.1, -0.05) is 40.1 Å². The molecule has 0 saturated carbocycles. The Morgan fingerprint density at radius 2 is 2.19 bits per heavy atom. The van der Waals surface area contributed by atoms with E-state index in [-0.39, 0.29) is 5.91 Å². The average Bonchev–Trinajstić information content (AvgIpc) is 3.23. The van der Waals surface area contributed by atoms with Crippen molar-refractivity contribution in [1.29, 1.82) is 0 Å². The Hall–Kier alpha value is -2.41. The number of aromatic nitrogens is 3. The van der Waals surface area contributed by atoms with Crippen molar-refractivity contribution in [1.82, 2.24) is 14.9 Å². The summed E-state index contributed by atoms with van der Waals surface area (Å²) >= 11 is 3.43. The van der Waals surface area contributed by atoms with Crippen LogP contribution in [0.25, 0.3) is 0 Å². The Bertz CT molecular complexity index is 929. The molecule has 0 spiro atoms. The number of nitrogens with one attached hydrogen (secondary N) is 1. The van der Waals surface area contributed by atoms with E-state index in [9.17, 15) is 4.79 Å². The predicted molar refractivity (Wildman–Crippen MR) is 101 cm³/mol. The zero-order valence-corrected chi connectivity index (χ0v) is 16.0. The van der Waals surface area contributed by atoms with Crippen LogP contribution in [0.4, 0.5) is 5.69 Å². The number of halogens is 1. The summed E-state index contributed by atoms with van der Waals surface area (Å²) in [6, 6.07) is 8.06. The second kappa shape index (κ2) is 7.07. The van der Waals surface area contributed by atoms with Crippen molar-refractivity contribution in [2.75, 3.05) is 5.32 Å². The van der Waals surface area contributed by atoms with Crippen LogP contribution in [-0.2, 0) is 19.4 Å². The fourth-order valence-corrected chi connectivity index (χ4v) is 3.50. The summed E-state index contributed by atoms with van der Waals surface area (Å²) in [5.41, 5.74) is 3.12. The van der Waals surface area contributed by atoms with Crippen molar-refractivity contribution in [2.45, 2.75) is 32.7 Å². The van der Waals surface area contributed by atoms with Crippen LogP contribution in [0.2, 0.25) is 0 Å². The van der Waals surface area contributed by atoms with E-state index in [4.69, 9.17) is 4.52 Å². The third kappa shape index (κ3) is 3.58. The first-order valence-electron chi connectivity index (χ1n) is 8.64. The Morgan fingerprint density at radius 3 is 3.00 bits per heavy atom. The Kier molecular flexibility index (Phi) is 4.63. The highest BCUT2D eigenvalue weighted by atomic mass is 79.9. The number of carbonyl (C=O) groups excluding carboxylic acids is 1. The van der Waals surface area contributed by atoms with Crippen LogP contribution in [0.5, 0.6) is 0 Å². The number of carbonyl (C=O) groups is 1. The SMILES string of the molecule is CC1CCc2onc(C(=O)Nc3cnn(Cc4ccc(Br)cc4)c3)c2C1. The molecule has 2 heterocycles. The van der Waals surface area contributed by atoms with Gasteiger partial charge in [0.25, 0.3) is 5.91 Å². The number of rotatable bonds is 4. The topological polar surface area (TPSA) is 73.0 Å². The molecule has 0 fully saturated rings. The molecule has 1 aromatic carbocycles. The van der Waals surface area contributed by atoms with Gasteiger partial charge in [0.2, 0.25) is 0 Å². The molecule has 3 aromatic rings. The van der Waals surface area contributed by atoms with Crippen molar-refractivity contribution >= 4 is 27.5 Å². The van der Waals surface area contributed by atoms with Gasteiger partial charge in [0.05, 0.1) is 18.4 Å². The minimum atomic E-state index is -0.243. The summed E-state index contributed by atoms with van der Waals surface area (Å²) in [7, 11) is 0. The molecular weight excluding hydrogens is 396 g/mol. The lowest BCUT2D eigenvalue weighted by Gasteiger charge is -2.16. The zero-order valence-electron chi connectivity index (χ0n) is 14.4. The van der Waals surface area contributed by atoms with Crippen LogP contribution in [0.15, 0.2) is 45.7 Å². The van der Waals surface area contributed by atoms with Crippen LogP contribution in [0.3, 0.4) is 0 Å². The molecular formula is C19H19BrN4O2. The number of hydrogen-bond acceptors (Lipinski definition) is 4. The second-order valence-electron chi connectivity index (χ2n) is 6.79. The maximum absolute atomic E-state index is 12.6. The van der Waals surface area contributed by atoms with Gasteiger partial charge >= 0.3 is 0 Å². The lowest BCUT2D eigenvalue weighted by Crippen LogP contribution is -2.17. The first-order valence-corrected chi connectivity index (χ1v) is 9.43. The molecule has 1 unspecified atom stereocenters. The Labute approximate surface area is 159 Å².